The van der Waals surface area contributed by atoms with Crippen molar-refractivity contribution in [2.24, 2.45) is 0 Å². The first-order valence-electron chi connectivity index (χ1n) is 7.65. The number of amides is 1. The van der Waals surface area contributed by atoms with Crippen LogP contribution < -0.4 is 0 Å². The summed E-state index contributed by atoms with van der Waals surface area (Å²) < 4.78 is 5.29. The van der Waals surface area contributed by atoms with Crippen molar-refractivity contribution in [3.8, 4) is 0 Å². The van der Waals surface area contributed by atoms with Gasteiger partial charge in [0.2, 0.25) is 0 Å². The molecule has 0 radical (unpaired) electrons. The standard InChI is InChI=1S/C17H23N3O3/c1-17(2,3)23-16(22)20(4)12(11-21)9-10-15-18-13-7-5-6-8-14(13)19-15/h5-8,11-12H,9-10H2,1-4H3,(H,18,19). The predicted octanol–water partition coefficient (Wildman–Crippen LogP) is 2.93. The van der Waals surface area contributed by atoms with Gasteiger partial charge in [-0.3, -0.25) is 0 Å². The number of imidazole rings is 1. The number of para-hydroxylation sites is 2. The maximum atomic E-state index is 12.0. The van der Waals surface area contributed by atoms with Crippen molar-refractivity contribution >= 4 is 23.4 Å². The number of carbonyl (C=O) groups excluding carboxylic acids is 2. The summed E-state index contributed by atoms with van der Waals surface area (Å²) in [6.45, 7) is 5.38. The molecule has 23 heavy (non-hydrogen) atoms. The fourth-order valence-corrected chi connectivity index (χ4v) is 2.23. The summed E-state index contributed by atoms with van der Waals surface area (Å²) in [7, 11) is 1.58. The van der Waals surface area contributed by atoms with E-state index in [4.69, 9.17) is 4.74 Å². The quantitative estimate of drug-likeness (QED) is 0.860. The molecule has 0 aliphatic rings. The maximum absolute atomic E-state index is 12.0. The average Bonchev–Trinajstić information content (AvgIpc) is 2.88. The number of hydrogen-bond acceptors (Lipinski definition) is 4. The highest BCUT2D eigenvalue weighted by molar-refractivity contribution is 5.75. The molecule has 2 aromatic rings. The van der Waals surface area contributed by atoms with Crippen LogP contribution in [0.5, 0.6) is 0 Å². The molecule has 1 N–H and O–H groups in total. The topological polar surface area (TPSA) is 75.3 Å². The highest BCUT2D eigenvalue weighted by Gasteiger charge is 2.25. The van der Waals surface area contributed by atoms with E-state index in [1.165, 1.54) is 4.90 Å². The van der Waals surface area contributed by atoms with E-state index >= 15 is 0 Å². The number of fused-ring (bicyclic) bond motifs is 1. The zero-order chi connectivity index (χ0) is 17.0. The Morgan fingerprint density at radius 3 is 2.70 bits per heavy atom. The predicted molar refractivity (Wildman–Crippen MR) is 88.3 cm³/mol. The van der Waals surface area contributed by atoms with Crippen LogP contribution in [0.4, 0.5) is 4.79 Å². The van der Waals surface area contributed by atoms with Gasteiger partial charge in [-0.2, -0.15) is 0 Å². The monoisotopic (exact) mass is 317 g/mol. The Morgan fingerprint density at radius 2 is 2.09 bits per heavy atom. The van der Waals surface area contributed by atoms with Gasteiger partial charge >= 0.3 is 6.09 Å². The van der Waals surface area contributed by atoms with Gasteiger partial charge in [-0.1, -0.05) is 12.1 Å². The number of aromatic amines is 1. The molecule has 0 saturated carbocycles. The Balaban J connectivity index is 1.98. The van der Waals surface area contributed by atoms with Gasteiger partial charge in [-0.25, -0.2) is 9.78 Å². The third-order valence-electron chi connectivity index (χ3n) is 3.45. The molecule has 1 aromatic carbocycles. The SMILES string of the molecule is CN(C(=O)OC(C)(C)C)C(C=O)CCc1nc2ccccc2[nH]1. The summed E-state index contributed by atoms with van der Waals surface area (Å²) in [4.78, 5) is 32.4. The lowest BCUT2D eigenvalue weighted by Crippen LogP contribution is -2.41. The number of nitrogens with one attached hydrogen (secondary N) is 1. The van der Waals surface area contributed by atoms with E-state index in [-0.39, 0.29) is 0 Å². The summed E-state index contributed by atoms with van der Waals surface area (Å²) in [5, 5.41) is 0. The largest absolute Gasteiger partial charge is 0.444 e. The molecule has 1 unspecified atom stereocenters. The molecule has 0 saturated heterocycles. The van der Waals surface area contributed by atoms with E-state index in [1.807, 2.05) is 24.3 Å². The Bertz CT molecular complexity index is 655. The zero-order valence-electron chi connectivity index (χ0n) is 14.0. The van der Waals surface area contributed by atoms with E-state index in [9.17, 15) is 9.59 Å². The number of aryl methyl sites for hydroxylation is 1. The van der Waals surface area contributed by atoms with Crippen molar-refractivity contribution in [2.45, 2.75) is 45.3 Å². The molecule has 0 aliphatic heterocycles. The van der Waals surface area contributed by atoms with Crippen LogP contribution in [0.1, 0.15) is 33.0 Å². The van der Waals surface area contributed by atoms with E-state index < -0.39 is 17.7 Å². The molecule has 1 heterocycles. The molecule has 1 amide bonds. The number of ether oxygens (including phenoxy) is 1. The minimum atomic E-state index is -0.586. The molecular weight excluding hydrogens is 294 g/mol. The van der Waals surface area contributed by atoms with Crippen LogP contribution in [0.15, 0.2) is 24.3 Å². The van der Waals surface area contributed by atoms with Gasteiger partial charge in [0.05, 0.1) is 17.1 Å². The van der Waals surface area contributed by atoms with Crippen LogP contribution in [-0.4, -0.2) is 45.9 Å². The van der Waals surface area contributed by atoms with Crippen molar-refractivity contribution < 1.29 is 14.3 Å². The lowest BCUT2D eigenvalue weighted by Gasteiger charge is -2.27. The summed E-state index contributed by atoms with van der Waals surface area (Å²) in [5.41, 5.74) is 1.27. The van der Waals surface area contributed by atoms with Gasteiger partial charge in [-0.05, 0) is 39.3 Å². The van der Waals surface area contributed by atoms with Gasteiger partial charge in [0, 0.05) is 13.5 Å². The summed E-state index contributed by atoms with van der Waals surface area (Å²) in [6, 6.07) is 7.21. The third kappa shape index (κ3) is 4.55. The van der Waals surface area contributed by atoms with E-state index in [1.54, 1.807) is 27.8 Å². The first-order chi connectivity index (χ1) is 10.8. The smallest absolute Gasteiger partial charge is 0.410 e. The Labute approximate surface area is 135 Å². The fraction of sp³-hybridized carbons (Fsp3) is 0.471. The lowest BCUT2D eigenvalue weighted by atomic mass is 10.1. The summed E-state index contributed by atoms with van der Waals surface area (Å²) >= 11 is 0. The van der Waals surface area contributed by atoms with Gasteiger partial charge in [-0.15, -0.1) is 0 Å². The number of aromatic nitrogens is 2. The van der Waals surface area contributed by atoms with E-state index in [2.05, 4.69) is 9.97 Å². The number of nitrogens with zero attached hydrogens (tertiary/aromatic N) is 2. The first-order valence-corrected chi connectivity index (χ1v) is 7.65. The average molecular weight is 317 g/mol. The van der Waals surface area contributed by atoms with Gasteiger partial charge in [0.25, 0.3) is 0 Å². The number of rotatable bonds is 5. The molecule has 0 bridgehead atoms. The minimum absolute atomic E-state index is 0.485. The van der Waals surface area contributed by atoms with Crippen molar-refractivity contribution in [1.29, 1.82) is 0 Å². The van der Waals surface area contributed by atoms with Gasteiger partial charge < -0.3 is 19.4 Å². The highest BCUT2D eigenvalue weighted by atomic mass is 16.6. The number of H-pyrrole nitrogens is 1. The van der Waals surface area contributed by atoms with Crippen LogP contribution in [0, 0.1) is 0 Å². The van der Waals surface area contributed by atoms with E-state index in [0.717, 1.165) is 23.1 Å². The summed E-state index contributed by atoms with van der Waals surface area (Å²) in [6.07, 6.45) is 1.33. The zero-order valence-corrected chi connectivity index (χ0v) is 14.0. The molecule has 0 fully saturated rings. The summed E-state index contributed by atoms with van der Waals surface area (Å²) in [5.74, 6) is 0.802. The van der Waals surface area contributed by atoms with Crippen molar-refractivity contribution in [3.05, 3.63) is 30.1 Å². The second-order valence-corrected chi connectivity index (χ2v) is 6.53. The van der Waals surface area contributed by atoms with Crippen LogP contribution in [0.25, 0.3) is 11.0 Å². The molecule has 6 heteroatoms. The molecule has 6 nitrogen and oxygen atoms in total. The fourth-order valence-electron chi connectivity index (χ4n) is 2.23. The van der Waals surface area contributed by atoms with Crippen LogP contribution >= 0.6 is 0 Å². The Morgan fingerprint density at radius 1 is 1.39 bits per heavy atom. The van der Waals surface area contributed by atoms with Crippen LogP contribution in [0.3, 0.4) is 0 Å². The molecule has 0 aliphatic carbocycles. The van der Waals surface area contributed by atoms with Crippen LogP contribution in [0.2, 0.25) is 0 Å². The number of carbonyl (C=O) groups is 2. The molecule has 0 spiro atoms. The van der Waals surface area contributed by atoms with Crippen molar-refractivity contribution in [1.82, 2.24) is 14.9 Å². The number of benzene rings is 1. The first kappa shape index (κ1) is 17.0. The van der Waals surface area contributed by atoms with Crippen molar-refractivity contribution in [2.75, 3.05) is 7.05 Å². The van der Waals surface area contributed by atoms with Gasteiger partial charge in [0.1, 0.15) is 17.7 Å². The minimum Gasteiger partial charge on any atom is -0.444 e. The number of aldehydes is 1. The van der Waals surface area contributed by atoms with Gasteiger partial charge in [0.15, 0.2) is 0 Å². The molecule has 1 atom stereocenters. The second kappa shape index (κ2) is 6.81. The molecular formula is C17H23N3O3. The third-order valence-corrected chi connectivity index (χ3v) is 3.45. The molecule has 1 aromatic heterocycles. The normalized spacial score (nSPS) is 12.9. The molecule has 2 rings (SSSR count). The maximum Gasteiger partial charge on any atom is 0.410 e. The second-order valence-electron chi connectivity index (χ2n) is 6.53. The Hall–Kier alpha value is -2.37. The number of likely N-dealkylation sites (N-methyl/N-ethyl adjacent to an activating group) is 1. The lowest BCUT2D eigenvalue weighted by molar-refractivity contribution is -0.112. The number of hydrogen-bond donors (Lipinski definition) is 1. The van der Waals surface area contributed by atoms with E-state index in [0.29, 0.717) is 12.8 Å². The Kier molecular flexibility index (Phi) is 5.03. The molecule has 124 valence electrons. The highest BCUT2D eigenvalue weighted by Crippen LogP contribution is 2.15. The van der Waals surface area contributed by atoms with Crippen LogP contribution in [-0.2, 0) is 16.0 Å². The van der Waals surface area contributed by atoms with Crippen molar-refractivity contribution in [3.63, 3.8) is 0 Å².